The Morgan fingerprint density at radius 2 is 2.00 bits per heavy atom. The quantitative estimate of drug-likeness (QED) is 0.428. The first-order chi connectivity index (χ1) is 9.31. The molecule has 1 atom stereocenters. The molecule has 0 spiro atoms. The maximum Gasteiger partial charge on any atom is 0.189 e. The van der Waals surface area contributed by atoms with Gasteiger partial charge in [-0.3, -0.25) is 0 Å². The molecule has 1 aromatic rings. The van der Waals surface area contributed by atoms with Crippen molar-refractivity contribution >= 4 is 41.5 Å². The van der Waals surface area contributed by atoms with Crippen LogP contribution in [0.3, 0.4) is 0 Å². The highest BCUT2D eigenvalue weighted by molar-refractivity contribution is 14.0. The van der Waals surface area contributed by atoms with Crippen molar-refractivity contribution in [3.8, 4) is 5.75 Å². The molecule has 0 aromatic heterocycles. The molecule has 1 unspecified atom stereocenters. The van der Waals surface area contributed by atoms with Crippen molar-refractivity contribution in [1.82, 2.24) is 5.32 Å². The molecule has 0 bridgehead atoms. The number of hydrogen-bond donors (Lipinski definition) is 2. The molecule has 3 N–H and O–H groups in total. The molecular weight excluding hydrogens is 401 g/mol. The van der Waals surface area contributed by atoms with Crippen LogP contribution in [0.5, 0.6) is 5.75 Å². The maximum absolute atomic E-state index is 6.08. The zero-order chi connectivity index (χ0) is 15.2. The third-order valence-corrected chi connectivity index (χ3v) is 2.87. The number of para-hydroxylation sites is 1. The molecule has 0 radical (unpaired) electrons. The molecule has 0 heterocycles. The van der Waals surface area contributed by atoms with Crippen molar-refractivity contribution in [1.29, 1.82) is 0 Å². The van der Waals surface area contributed by atoms with Crippen LogP contribution in [-0.2, 0) is 0 Å². The van der Waals surface area contributed by atoms with E-state index in [1.165, 1.54) is 0 Å². The smallest absolute Gasteiger partial charge is 0.189 e. The number of benzene rings is 1. The molecule has 0 aliphatic rings. The number of nitrogens with two attached hydrogens (primary N) is 1. The van der Waals surface area contributed by atoms with Crippen LogP contribution < -0.4 is 15.8 Å². The number of aliphatic imine (C=N–C) groups is 1. The Labute approximate surface area is 149 Å². The van der Waals surface area contributed by atoms with Gasteiger partial charge in [0.05, 0.1) is 11.6 Å². The van der Waals surface area contributed by atoms with Gasteiger partial charge in [0.2, 0.25) is 0 Å². The topological polar surface area (TPSA) is 59.6 Å². The van der Waals surface area contributed by atoms with E-state index in [0.29, 0.717) is 23.3 Å². The highest BCUT2D eigenvalue weighted by Crippen LogP contribution is 2.24. The first kappa shape index (κ1) is 20.3. The number of halogens is 2. The summed E-state index contributed by atoms with van der Waals surface area (Å²) >= 11 is 6.08. The Kier molecular flexibility index (Phi) is 9.04. The van der Waals surface area contributed by atoms with Gasteiger partial charge < -0.3 is 15.8 Å². The lowest BCUT2D eigenvalue weighted by atomic mass is 10.1. The van der Waals surface area contributed by atoms with E-state index in [0.717, 1.165) is 6.42 Å². The Balaban J connectivity index is 0.00000400. The number of guanidine groups is 1. The van der Waals surface area contributed by atoms with E-state index in [2.05, 4.69) is 10.3 Å². The van der Waals surface area contributed by atoms with Gasteiger partial charge in [0, 0.05) is 5.54 Å². The average molecular weight is 426 g/mol. The summed E-state index contributed by atoms with van der Waals surface area (Å²) in [6, 6.07) is 7.43. The van der Waals surface area contributed by atoms with E-state index in [-0.39, 0.29) is 35.6 Å². The number of rotatable bonds is 5. The minimum Gasteiger partial charge on any atom is -0.487 e. The first-order valence-corrected chi connectivity index (χ1v) is 7.19. The molecule has 4 nitrogen and oxygen atoms in total. The SMILES string of the molecule is CCC(CN=C(N)NC(C)(C)C)Oc1ccccc1Cl.I. The van der Waals surface area contributed by atoms with Crippen molar-refractivity contribution < 1.29 is 4.74 Å². The van der Waals surface area contributed by atoms with E-state index < -0.39 is 0 Å². The second kappa shape index (κ2) is 9.35. The van der Waals surface area contributed by atoms with Crippen LogP contribution in [0.15, 0.2) is 29.3 Å². The lowest BCUT2D eigenvalue weighted by Gasteiger charge is -2.22. The van der Waals surface area contributed by atoms with Crippen LogP contribution >= 0.6 is 35.6 Å². The highest BCUT2D eigenvalue weighted by atomic mass is 127. The Morgan fingerprint density at radius 3 is 2.52 bits per heavy atom. The average Bonchev–Trinajstić information content (AvgIpc) is 2.34. The second-order valence-corrected chi connectivity index (χ2v) is 6.09. The second-order valence-electron chi connectivity index (χ2n) is 5.68. The number of ether oxygens (including phenoxy) is 1. The van der Waals surface area contributed by atoms with Gasteiger partial charge in [-0.15, -0.1) is 24.0 Å². The molecule has 120 valence electrons. The van der Waals surface area contributed by atoms with Gasteiger partial charge in [-0.05, 0) is 39.3 Å². The summed E-state index contributed by atoms with van der Waals surface area (Å²) in [7, 11) is 0. The summed E-state index contributed by atoms with van der Waals surface area (Å²) in [4.78, 5) is 4.32. The van der Waals surface area contributed by atoms with E-state index in [9.17, 15) is 0 Å². The van der Waals surface area contributed by atoms with Crippen LogP contribution in [0.25, 0.3) is 0 Å². The minimum absolute atomic E-state index is 0. The van der Waals surface area contributed by atoms with Gasteiger partial charge in [0.1, 0.15) is 11.9 Å². The molecule has 6 heteroatoms. The van der Waals surface area contributed by atoms with Gasteiger partial charge in [-0.25, -0.2) is 4.99 Å². The predicted molar refractivity (Wildman–Crippen MR) is 101 cm³/mol. The zero-order valence-corrected chi connectivity index (χ0v) is 16.1. The lowest BCUT2D eigenvalue weighted by molar-refractivity contribution is 0.206. The monoisotopic (exact) mass is 425 g/mol. The van der Waals surface area contributed by atoms with E-state index in [1.54, 1.807) is 0 Å². The molecule has 0 fully saturated rings. The summed E-state index contributed by atoms with van der Waals surface area (Å²) in [5.74, 6) is 1.11. The molecular formula is C15H25ClIN3O. The van der Waals surface area contributed by atoms with Crippen LogP contribution in [-0.4, -0.2) is 24.1 Å². The summed E-state index contributed by atoms with van der Waals surface area (Å²) in [5, 5.41) is 3.73. The van der Waals surface area contributed by atoms with Crippen LogP contribution in [0.1, 0.15) is 34.1 Å². The minimum atomic E-state index is -0.0983. The predicted octanol–water partition coefficient (Wildman–Crippen LogP) is 3.82. The Hall–Kier alpha value is -0.690. The maximum atomic E-state index is 6.08. The van der Waals surface area contributed by atoms with Crippen LogP contribution in [0.2, 0.25) is 5.02 Å². The fraction of sp³-hybridized carbons (Fsp3) is 0.533. The standard InChI is InChI=1S/C15H24ClN3O.HI/c1-5-11(10-18-14(17)19-15(2,3)4)20-13-9-7-6-8-12(13)16;/h6-9,11H,5,10H2,1-4H3,(H3,17,18,19);1H. The fourth-order valence-electron chi connectivity index (χ4n) is 1.59. The Bertz CT molecular complexity index is 460. The number of nitrogens with zero attached hydrogens (tertiary/aromatic N) is 1. The van der Waals surface area contributed by atoms with Crippen LogP contribution in [0.4, 0.5) is 0 Å². The van der Waals surface area contributed by atoms with Crippen molar-refractivity contribution in [3.63, 3.8) is 0 Å². The van der Waals surface area contributed by atoms with E-state index in [1.807, 2.05) is 52.0 Å². The first-order valence-electron chi connectivity index (χ1n) is 6.81. The third kappa shape index (κ3) is 8.36. The normalized spacial score (nSPS) is 13.3. The van der Waals surface area contributed by atoms with Crippen LogP contribution in [0, 0.1) is 0 Å². The summed E-state index contributed by atoms with van der Waals surface area (Å²) < 4.78 is 5.85. The lowest BCUT2D eigenvalue weighted by Crippen LogP contribution is -2.45. The van der Waals surface area contributed by atoms with Crippen molar-refractivity contribution in [2.24, 2.45) is 10.7 Å². The van der Waals surface area contributed by atoms with Crippen molar-refractivity contribution in [2.75, 3.05) is 6.54 Å². The van der Waals surface area contributed by atoms with Gasteiger partial charge in [-0.1, -0.05) is 30.7 Å². The summed E-state index contributed by atoms with van der Waals surface area (Å²) in [6.07, 6.45) is 0.785. The molecule has 0 saturated heterocycles. The van der Waals surface area contributed by atoms with E-state index in [4.69, 9.17) is 22.1 Å². The van der Waals surface area contributed by atoms with Gasteiger partial charge in [0.15, 0.2) is 5.96 Å². The number of nitrogens with one attached hydrogen (secondary N) is 1. The highest BCUT2D eigenvalue weighted by Gasteiger charge is 2.12. The summed E-state index contributed by atoms with van der Waals surface area (Å²) in [5.41, 5.74) is 5.75. The zero-order valence-electron chi connectivity index (χ0n) is 13.0. The van der Waals surface area contributed by atoms with Gasteiger partial charge >= 0.3 is 0 Å². The van der Waals surface area contributed by atoms with E-state index >= 15 is 0 Å². The Morgan fingerprint density at radius 1 is 1.38 bits per heavy atom. The molecule has 21 heavy (non-hydrogen) atoms. The summed E-state index contributed by atoms with van der Waals surface area (Å²) in [6.45, 7) is 8.65. The van der Waals surface area contributed by atoms with Crippen molar-refractivity contribution in [2.45, 2.75) is 45.8 Å². The fourth-order valence-corrected chi connectivity index (χ4v) is 1.77. The molecule has 0 amide bonds. The molecule has 0 saturated carbocycles. The third-order valence-electron chi connectivity index (χ3n) is 2.55. The number of hydrogen-bond acceptors (Lipinski definition) is 2. The van der Waals surface area contributed by atoms with Crippen molar-refractivity contribution in [3.05, 3.63) is 29.3 Å². The van der Waals surface area contributed by atoms with Gasteiger partial charge in [0.25, 0.3) is 0 Å². The molecule has 0 aliphatic heterocycles. The largest absolute Gasteiger partial charge is 0.487 e. The molecule has 0 aliphatic carbocycles. The van der Waals surface area contributed by atoms with Gasteiger partial charge in [-0.2, -0.15) is 0 Å². The molecule has 1 rings (SSSR count). The molecule has 1 aromatic carbocycles.